The fraction of sp³-hybridized carbons (Fsp3) is 0.571. The fourth-order valence-electron chi connectivity index (χ4n) is 1.93. The van der Waals surface area contributed by atoms with Crippen molar-refractivity contribution in [2.75, 3.05) is 25.2 Å². The van der Waals surface area contributed by atoms with Crippen LogP contribution in [0.2, 0.25) is 0 Å². The van der Waals surface area contributed by atoms with Gasteiger partial charge in [0.1, 0.15) is 0 Å². The molecule has 0 aliphatic rings. The van der Waals surface area contributed by atoms with Gasteiger partial charge in [-0.3, -0.25) is 0 Å². The minimum atomic E-state index is 0.0581. The van der Waals surface area contributed by atoms with Crippen LogP contribution in [0.1, 0.15) is 25.8 Å². The summed E-state index contributed by atoms with van der Waals surface area (Å²) in [6.45, 7) is 5.93. The van der Waals surface area contributed by atoms with Crippen molar-refractivity contribution in [2.45, 2.75) is 32.9 Å². The molecule has 1 unspecified atom stereocenters. The molecule has 0 aliphatic heterocycles. The lowest BCUT2D eigenvalue weighted by Gasteiger charge is -2.32. The van der Waals surface area contributed by atoms with E-state index in [0.717, 1.165) is 28.7 Å². The molecule has 1 aromatic rings. The SMILES string of the molecule is CCC(C)N(CCOC)c1cc(Br)ccc1CO. The molecule has 0 spiro atoms. The number of anilines is 1. The first-order valence-electron chi connectivity index (χ1n) is 6.28. The number of aliphatic hydroxyl groups is 1. The second kappa shape index (κ2) is 7.77. The van der Waals surface area contributed by atoms with Crippen LogP contribution in [0.3, 0.4) is 0 Å². The largest absolute Gasteiger partial charge is 0.392 e. The minimum Gasteiger partial charge on any atom is -0.392 e. The highest BCUT2D eigenvalue weighted by Gasteiger charge is 2.16. The van der Waals surface area contributed by atoms with Gasteiger partial charge in [-0.1, -0.05) is 28.9 Å². The summed E-state index contributed by atoms with van der Waals surface area (Å²) in [6, 6.07) is 6.40. The topological polar surface area (TPSA) is 32.7 Å². The highest BCUT2D eigenvalue weighted by Crippen LogP contribution is 2.27. The first-order chi connectivity index (χ1) is 8.63. The first kappa shape index (κ1) is 15.5. The predicted octanol–water partition coefficient (Wildman–Crippen LogP) is 3.19. The number of ether oxygens (including phenoxy) is 1. The van der Waals surface area contributed by atoms with Gasteiger partial charge in [0.25, 0.3) is 0 Å². The molecule has 0 aromatic heterocycles. The number of hydrogen-bond acceptors (Lipinski definition) is 3. The molecule has 0 fully saturated rings. The maximum Gasteiger partial charge on any atom is 0.0702 e. The van der Waals surface area contributed by atoms with Gasteiger partial charge >= 0.3 is 0 Å². The van der Waals surface area contributed by atoms with Gasteiger partial charge in [-0.25, -0.2) is 0 Å². The van der Waals surface area contributed by atoms with E-state index in [1.165, 1.54) is 0 Å². The summed E-state index contributed by atoms with van der Waals surface area (Å²) < 4.78 is 6.20. The van der Waals surface area contributed by atoms with Crippen molar-refractivity contribution in [3.63, 3.8) is 0 Å². The molecule has 1 N–H and O–H groups in total. The van der Waals surface area contributed by atoms with Gasteiger partial charge in [0.05, 0.1) is 13.2 Å². The maximum atomic E-state index is 9.46. The van der Waals surface area contributed by atoms with Crippen LogP contribution in [0.15, 0.2) is 22.7 Å². The summed E-state index contributed by atoms with van der Waals surface area (Å²) in [5.41, 5.74) is 2.04. The highest BCUT2D eigenvalue weighted by molar-refractivity contribution is 9.10. The Morgan fingerprint density at radius 1 is 1.44 bits per heavy atom. The number of rotatable bonds is 7. The monoisotopic (exact) mass is 315 g/mol. The van der Waals surface area contributed by atoms with Crippen molar-refractivity contribution in [1.82, 2.24) is 0 Å². The van der Waals surface area contributed by atoms with Crippen LogP contribution in [-0.4, -0.2) is 31.4 Å². The van der Waals surface area contributed by atoms with Gasteiger partial charge in [0, 0.05) is 35.4 Å². The van der Waals surface area contributed by atoms with Gasteiger partial charge in [-0.05, 0) is 25.5 Å². The Kier molecular flexibility index (Phi) is 6.68. The van der Waals surface area contributed by atoms with E-state index < -0.39 is 0 Å². The average Bonchev–Trinajstić information content (AvgIpc) is 2.39. The number of hydrogen-bond donors (Lipinski definition) is 1. The Hall–Kier alpha value is -0.580. The second-order valence-electron chi connectivity index (χ2n) is 4.37. The third kappa shape index (κ3) is 3.97. The lowest BCUT2D eigenvalue weighted by molar-refractivity contribution is 0.203. The molecule has 1 rings (SSSR count). The van der Waals surface area contributed by atoms with E-state index in [2.05, 4.69) is 40.7 Å². The van der Waals surface area contributed by atoms with E-state index in [1.54, 1.807) is 7.11 Å². The molecule has 0 bridgehead atoms. The van der Waals surface area contributed by atoms with E-state index in [1.807, 2.05) is 12.1 Å². The Bertz CT molecular complexity index is 371. The number of aliphatic hydroxyl groups excluding tert-OH is 1. The van der Waals surface area contributed by atoms with Crippen LogP contribution < -0.4 is 4.90 Å². The Balaban J connectivity index is 3.05. The van der Waals surface area contributed by atoms with Gasteiger partial charge in [0.15, 0.2) is 0 Å². The number of nitrogens with zero attached hydrogens (tertiary/aromatic N) is 1. The van der Waals surface area contributed by atoms with E-state index in [0.29, 0.717) is 12.6 Å². The molecule has 0 aliphatic carbocycles. The van der Waals surface area contributed by atoms with E-state index in [-0.39, 0.29) is 6.61 Å². The van der Waals surface area contributed by atoms with E-state index >= 15 is 0 Å². The zero-order chi connectivity index (χ0) is 13.5. The molecule has 1 aromatic carbocycles. The van der Waals surface area contributed by atoms with Gasteiger partial charge in [-0.15, -0.1) is 0 Å². The highest BCUT2D eigenvalue weighted by atomic mass is 79.9. The fourth-order valence-corrected chi connectivity index (χ4v) is 2.28. The van der Waals surface area contributed by atoms with Crippen LogP contribution in [0.4, 0.5) is 5.69 Å². The molecular weight excluding hydrogens is 294 g/mol. The zero-order valence-electron chi connectivity index (χ0n) is 11.3. The third-order valence-electron chi connectivity index (χ3n) is 3.19. The Morgan fingerprint density at radius 2 is 2.17 bits per heavy atom. The normalized spacial score (nSPS) is 12.5. The average molecular weight is 316 g/mol. The first-order valence-corrected chi connectivity index (χ1v) is 7.08. The lowest BCUT2D eigenvalue weighted by Crippen LogP contribution is -2.36. The van der Waals surface area contributed by atoms with Crippen molar-refractivity contribution >= 4 is 21.6 Å². The Morgan fingerprint density at radius 3 is 2.72 bits per heavy atom. The van der Waals surface area contributed by atoms with Crippen molar-refractivity contribution in [3.8, 4) is 0 Å². The lowest BCUT2D eigenvalue weighted by atomic mass is 10.1. The molecule has 0 heterocycles. The van der Waals surface area contributed by atoms with Crippen molar-refractivity contribution < 1.29 is 9.84 Å². The standard InChI is InChI=1S/C14H22BrNO2/c1-4-11(2)16(7-8-18-3)14-9-13(15)6-5-12(14)10-17/h5-6,9,11,17H,4,7-8,10H2,1-3H3. The van der Waals surface area contributed by atoms with E-state index in [4.69, 9.17) is 4.74 Å². The summed E-state index contributed by atoms with van der Waals surface area (Å²) >= 11 is 3.49. The second-order valence-corrected chi connectivity index (χ2v) is 5.29. The summed E-state index contributed by atoms with van der Waals surface area (Å²) in [4.78, 5) is 2.29. The van der Waals surface area contributed by atoms with Crippen LogP contribution in [0.5, 0.6) is 0 Å². The van der Waals surface area contributed by atoms with Crippen molar-refractivity contribution in [3.05, 3.63) is 28.2 Å². The van der Waals surface area contributed by atoms with Crippen molar-refractivity contribution in [2.24, 2.45) is 0 Å². The molecule has 0 radical (unpaired) electrons. The minimum absolute atomic E-state index is 0.0581. The molecule has 0 amide bonds. The smallest absolute Gasteiger partial charge is 0.0702 e. The molecular formula is C14H22BrNO2. The van der Waals surface area contributed by atoms with Crippen LogP contribution in [0, 0.1) is 0 Å². The summed E-state index contributed by atoms with van der Waals surface area (Å²) in [5.74, 6) is 0. The van der Waals surface area contributed by atoms with Crippen LogP contribution >= 0.6 is 15.9 Å². The third-order valence-corrected chi connectivity index (χ3v) is 3.68. The molecule has 18 heavy (non-hydrogen) atoms. The van der Waals surface area contributed by atoms with Gasteiger partial charge in [-0.2, -0.15) is 0 Å². The maximum absolute atomic E-state index is 9.46. The summed E-state index contributed by atoms with van der Waals surface area (Å²) in [5, 5.41) is 9.46. The summed E-state index contributed by atoms with van der Waals surface area (Å²) in [7, 11) is 1.71. The van der Waals surface area contributed by atoms with E-state index in [9.17, 15) is 5.11 Å². The molecule has 0 saturated carbocycles. The molecule has 3 nitrogen and oxygen atoms in total. The zero-order valence-corrected chi connectivity index (χ0v) is 12.9. The Labute approximate surface area is 118 Å². The molecule has 1 atom stereocenters. The van der Waals surface area contributed by atoms with Crippen LogP contribution in [0.25, 0.3) is 0 Å². The number of benzene rings is 1. The number of halogens is 1. The van der Waals surface area contributed by atoms with Crippen molar-refractivity contribution in [1.29, 1.82) is 0 Å². The van der Waals surface area contributed by atoms with Gasteiger partial charge in [0.2, 0.25) is 0 Å². The molecule has 4 heteroatoms. The molecule has 0 saturated heterocycles. The quantitative estimate of drug-likeness (QED) is 0.838. The van der Waals surface area contributed by atoms with Gasteiger partial charge < -0.3 is 14.7 Å². The molecule has 102 valence electrons. The van der Waals surface area contributed by atoms with Crippen LogP contribution in [-0.2, 0) is 11.3 Å². The predicted molar refractivity (Wildman–Crippen MR) is 79.0 cm³/mol. The number of methoxy groups -OCH3 is 1. The summed E-state index contributed by atoms with van der Waals surface area (Å²) in [6.07, 6.45) is 1.06.